The first kappa shape index (κ1) is 25.8. The number of benzene rings is 1. The minimum atomic E-state index is -0.305. The number of aryl methyl sites for hydroxylation is 1. The first-order chi connectivity index (χ1) is 19.4. The van der Waals surface area contributed by atoms with Crippen LogP contribution < -0.4 is 11.1 Å². The number of carbonyl (C=O) groups excluding carboxylic acids is 2. The van der Waals surface area contributed by atoms with Crippen LogP contribution in [0, 0.1) is 0 Å². The Morgan fingerprint density at radius 3 is 2.45 bits per heavy atom. The first-order valence-corrected chi connectivity index (χ1v) is 13.5. The highest BCUT2D eigenvalue weighted by Gasteiger charge is 2.29. The number of hydrogen-bond donors (Lipinski definition) is 2. The van der Waals surface area contributed by atoms with Crippen molar-refractivity contribution in [1.82, 2.24) is 34.8 Å². The summed E-state index contributed by atoms with van der Waals surface area (Å²) in [5.41, 5.74) is 10.6. The van der Waals surface area contributed by atoms with E-state index in [0.29, 0.717) is 36.7 Å². The van der Waals surface area contributed by atoms with Crippen molar-refractivity contribution >= 4 is 17.6 Å². The number of aromatic nitrogens is 5. The summed E-state index contributed by atoms with van der Waals surface area (Å²) in [4.78, 5) is 32.3. The first-order valence-electron chi connectivity index (χ1n) is 13.5. The van der Waals surface area contributed by atoms with E-state index in [-0.39, 0.29) is 23.7 Å². The zero-order valence-corrected chi connectivity index (χ0v) is 22.4. The third kappa shape index (κ3) is 5.32. The van der Waals surface area contributed by atoms with Crippen molar-refractivity contribution in [3.05, 3.63) is 72.4 Å². The van der Waals surface area contributed by atoms with Crippen LogP contribution in [0.2, 0.25) is 0 Å². The predicted octanol–water partition coefficient (Wildman–Crippen LogP) is 2.92. The molecule has 1 aromatic carbocycles. The van der Waals surface area contributed by atoms with Gasteiger partial charge in [-0.3, -0.25) is 19.0 Å². The second kappa shape index (κ2) is 10.9. The normalized spacial score (nSPS) is 17.7. The topological polar surface area (TPSA) is 133 Å². The van der Waals surface area contributed by atoms with Crippen LogP contribution in [0.15, 0.2) is 61.3 Å². The van der Waals surface area contributed by atoms with Gasteiger partial charge in [-0.1, -0.05) is 12.1 Å². The van der Waals surface area contributed by atoms with E-state index in [0.717, 1.165) is 48.3 Å². The summed E-state index contributed by atoms with van der Waals surface area (Å²) in [6.45, 7) is 2.53. The summed E-state index contributed by atoms with van der Waals surface area (Å²) >= 11 is 0. The lowest BCUT2D eigenvalue weighted by molar-refractivity contribution is 0.0662. The summed E-state index contributed by atoms with van der Waals surface area (Å²) < 4.78 is 9.16. The summed E-state index contributed by atoms with van der Waals surface area (Å²) in [7, 11) is 1.83. The molecule has 0 bridgehead atoms. The van der Waals surface area contributed by atoms with Gasteiger partial charge in [-0.05, 0) is 43.0 Å². The van der Waals surface area contributed by atoms with E-state index in [1.807, 2.05) is 48.4 Å². The van der Waals surface area contributed by atoms with Gasteiger partial charge in [0, 0.05) is 80.2 Å². The molecule has 5 heterocycles. The molecule has 0 saturated carbocycles. The Labute approximate surface area is 231 Å². The molecule has 2 saturated heterocycles. The molecule has 1 atom stereocenters. The van der Waals surface area contributed by atoms with Gasteiger partial charge in [-0.2, -0.15) is 10.2 Å². The molecule has 11 nitrogen and oxygen atoms in total. The lowest BCUT2D eigenvalue weighted by Crippen LogP contribution is -2.38. The summed E-state index contributed by atoms with van der Waals surface area (Å²) in [6.07, 6.45) is 11.7. The third-order valence-corrected chi connectivity index (χ3v) is 7.64. The van der Waals surface area contributed by atoms with Gasteiger partial charge >= 0.3 is 0 Å². The molecule has 0 radical (unpaired) electrons. The van der Waals surface area contributed by atoms with Crippen molar-refractivity contribution in [2.24, 2.45) is 7.05 Å². The van der Waals surface area contributed by atoms with Crippen LogP contribution in [-0.2, 0) is 11.8 Å². The van der Waals surface area contributed by atoms with Gasteiger partial charge in [0.25, 0.3) is 11.8 Å². The Morgan fingerprint density at radius 2 is 1.70 bits per heavy atom. The maximum Gasteiger partial charge on any atom is 0.255 e. The second-order valence-corrected chi connectivity index (χ2v) is 10.4. The Kier molecular flexibility index (Phi) is 7.04. The lowest BCUT2D eigenvalue weighted by atomic mass is 10.1. The van der Waals surface area contributed by atoms with Crippen LogP contribution in [0.25, 0.3) is 22.3 Å². The van der Waals surface area contributed by atoms with Crippen LogP contribution in [-0.4, -0.2) is 73.6 Å². The van der Waals surface area contributed by atoms with Gasteiger partial charge < -0.3 is 20.7 Å². The average molecular weight is 541 g/mol. The Bertz CT molecular complexity index is 1520. The van der Waals surface area contributed by atoms with Crippen molar-refractivity contribution in [1.29, 1.82) is 0 Å². The van der Waals surface area contributed by atoms with E-state index in [1.165, 1.54) is 0 Å². The summed E-state index contributed by atoms with van der Waals surface area (Å²) in [5, 5.41) is 11.8. The maximum absolute atomic E-state index is 13.2. The summed E-state index contributed by atoms with van der Waals surface area (Å²) in [6, 6.07) is 9.54. The van der Waals surface area contributed by atoms with Gasteiger partial charge in [-0.25, -0.2) is 4.98 Å². The molecule has 206 valence electrons. The molecule has 4 aromatic rings. The number of hydrogen-bond acceptors (Lipinski definition) is 7. The number of nitrogens with two attached hydrogens (primary N) is 1. The zero-order valence-electron chi connectivity index (χ0n) is 22.4. The van der Waals surface area contributed by atoms with Gasteiger partial charge in [0.15, 0.2) is 0 Å². The number of amides is 2. The molecule has 40 heavy (non-hydrogen) atoms. The Hall–Kier alpha value is -4.51. The minimum absolute atomic E-state index is 0.0547. The number of nitrogen functional groups attached to an aromatic ring is 1. The maximum atomic E-state index is 13.2. The van der Waals surface area contributed by atoms with E-state index in [1.54, 1.807) is 28.0 Å². The second-order valence-electron chi connectivity index (χ2n) is 10.4. The Morgan fingerprint density at radius 1 is 0.950 bits per heavy atom. The fourth-order valence-corrected chi connectivity index (χ4v) is 5.34. The molecule has 0 aliphatic carbocycles. The molecule has 0 unspecified atom stereocenters. The quantitative estimate of drug-likeness (QED) is 0.384. The van der Waals surface area contributed by atoms with Crippen molar-refractivity contribution in [2.75, 3.05) is 32.0 Å². The molecule has 2 amide bonds. The van der Waals surface area contributed by atoms with Gasteiger partial charge in [0.1, 0.15) is 5.82 Å². The molecule has 0 spiro atoms. The van der Waals surface area contributed by atoms with Crippen molar-refractivity contribution in [3.63, 3.8) is 0 Å². The van der Waals surface area contributed by atoms with Gasteiger partial charge in [0.2, 0.25) is 0 Å². The monoisotopic (exact) mass is 540 g/mol. The number of likely N-dealkylation sites (tertiary alicyclic amines) is 1. The van der Waals surface area contributed by atoms with Crippen molar-refractivity contribution in [3.8, 4) is 22.3 Å². The third-order valence-electron chi connectivity index (χ3n) is 7.64. The standard InChI is InChI=1S/C29H32N8O3/c1-35-16-22(14-32-35)21-12-26(27(30)31-13-21)28(38)34-24-6-9-36(18-24)29(39)20-4-2-19(3-5-20)23-15-33-37(17-23)25-7-10-40-11-8-25/h2-5,12-17,24-25H,6-11,18H2,1H3,(H2,30,31)(H,34,38)/t24-/m1/s1. The lowest BCUT2D eigenvalue weighted by Gasteiger charge is -2.22. The zero-order chi connectivity index (χ0) is 27.6. The van der Waals surface area contributed by atoms with E-state index in [2.05, 4.69) is 26.7 Å². The van der Waals surface area contributed by atoms with Crippen LogP contribution >= 0.6 is 0 Å². The fourth-order valence-electron chi connectivity index (χ4n) is 5.34. The predicted molar refractivity (Wildman–Crippen MR) is 149 cm³/mol. The number of nitrogens with zero attached hydrogens (tertiary/aromatic N) is 6. The van der Waals surface area contributed by atoms with Gasteiger partial charge in [0.05, 0.1) is 24.0 Å². The Balaban J connectivity index is 1.07. The van der Waals surface area contributed by atoms with E-state index in [4.69, 9.17) is 10.5 Å². The van der Waals surface area contributed by atoms with Crippen molar-refractivity contribution in [2.45, 2.75) is 31.3 Å². The molecule has 3 aromatic heterocycles. The molecular formula is C29H32N8O3. The number of ether oxygens (including phenoxy) is 1. The number of nitrogens with one attached hydrogen (secondary N) is 1. The highest BCUT2D eigenvalue weighted by atomic mass is 16.5. The van der Waals surface area contributed by atoms with Crippen LogP contribution in [0.5, 0.6) is 0 Å². The molecule has 2 aliphatic rings. The molecule has 2 fully saturated rings. The van der Waals surface area contributed by atoms with Crippen LogP contribution in [0.3, 0.4) is 0 Å². The molecular weight excluding hydrogens is 508 g/mol. The highest BCUT2D eigenvalue weighted by Crippen LogP contribution is 2.26. The number of pyridine rings is 1. The number of rotatable bonds is 6. The molecule has 6 rings (SSSR count). The van der Waals surface area contributed by atoms with Crippen LogP contribution in [0.4, 0.5) is 5.82 Å². The largest absolute Gasteiger partial charge is 0.383 e. The summed E-state index contributed by atoms with van der Waals surface area (Å²) in [5.74, 6) is -0.198. The minimum Gasteiger partial charge on any atom is -0.383 e. The average Bonchev–Trinajstić information content (AvgIpc) is 3.75. The van der Waals surface area contributed by atoms with Gasteiger partial charge in [-0.15, -0.1) is 0 Å². The molecule has 11 heteroatoms. The van der Waals surface area contributed by atoms with E-state index in [9.17, 15) is 9.59 Å². The highest BCUT2D eigenvalue weighted by molar-refractivity contribution is 6.00. The number of carbonyl (C=O) groups is 2. The van der Waals surface area contributed by atoms with Crippen LogP contribution in [0.1, 0.15) is 46.0 Å². The smallest absolute Gasteiger partial charge is 0.255 e. The van der Waals surface area contributed by atoms with E-state index >= 15 is 0 Å². The van der Waals surface area contributed by atoms with Crippen molar-refractivity contribution < 1.29 is 14.3 Å². The van der Waals surface area contributed by atoms with E-state index < -0.39 is 0 Å². The molecule has 3 N–H and O–H groups in total. The fraction of sp³-hybridized carbons (Fsp3) is 0.345. The number of anilines is 1. The molecule has 2 aliphatic heterocycles. The SMILES string of the molecule is Cn1cc(-c2cnc(N)c(C(=O)N[C@@H]3CCN(C(=O)c4ccc(-c5cnn(C6CCOCC6)c5)cc4)C3)c2)cn1.